The maximum absolute atomic E-state index is 5.88. The molecule has 7 nitrogen and oxygen atoms in total. The van der Waals surface area contributed by atoms with Crippen LogP contribution < -0.4 is 24.1 Å². The smallest absolute Gasteiger partial charge is 0.230 e. The van der Waals surface area contributed by atoms with Gasteiger partial charge in [-0.05, 0) is 30.3 Å². The Morgan fingerprint density at radius 1 is 1.00 bits per heavy atom. The molecule has 1 heterocycles. The molecule has 3 aromatic rings. The van der Waals surface area contributed by atoms with Crippen LogP contribution in [-0.4, -0.2) is 24.2 Å². The van der Waals surface area contributed by atoms with E-state index in [1.54, 1.807) is 26.4 Å². The first-order valence-corrected chi connectivity index (χ1v) is 7.89. The molecule has 24 heavy (non-hydrogen) atoms. The average molecular weight is 344 g/mol. The predicted molar refractivity (Wildman–Crippen MR) is 94.6 cm³/mol. The number of fused-ring (bicyclic) bond motifs is 1. The lowest BCUT2D eigenvalue weighted by atomic mass is 10.2. The molecule has 0 aliphatic carbocycles. The third-order valence-electron chi connectivity index (χ3n) is 3.35. The van der Waals surface area contributed by atoms with Gasteiger partial charge in [0.15, 0.2) is 11.5 Å². The van der Waals surface area contributed by atoms with Crippen LogP contribution in [0, 0.1) is 0 Å². The van der Waals surface area contributed by atoms with Crippen molar-refractivity contribution in [3.8, 4) is 23.1 Å². The third kappa shape index (κ3) is 3.29. The van der Waals surface area contributed by atoms with E-state index in [9.17, 15) is 0 Å². The fourth-order valence-electron chi connectivity index (χ4n) is 2.21. The van der Waals surface area contributed by atoms with Gasteiger partial charge in [0.25, 0.3) is 0 Å². The van der Waals surface area contributed by atoms with Gasteiger partial charge in [-0.15, -0.1) is 0 Å². The summed E-state index contributed by atoms with van der Waals surface area (Å²) in [5.74, 6) is 2.28. The van der Waals surface area contributed by atoms with E-state index in [-0.39, 0.29) is 0 Å². The lowest BCUT2D eigenvalue weighted by molar-refractivity contribution is 0.355. The van der Waals surface area contributed by atoms with Crippen LogP contribution in [0.4, 0.5) is 5.69 Å². The van der Waals surface area contributed by atoms with Crippen molar-refractivity contribution in [3.63, 3.8) is 0 Å². The fourth-order valence-corrected chi connectivity index (χ4v) is 2.48. The van der Waals surface area contributed by atoms with Crippen molar-refractivity contribution in [2.24, 2.45) is 5.14 Å². The van der Waals surface area contributed by atoms with E-state index in [1.807, 2.05) is 24.3 Å². The molecule has 8 heteroatoms. The van der Waals surface area contributed by atoms with Crippen molar-refractivity contribution in [2.45, 2.75) is 0 Å². The molecule has 1 aromatic heterocycles. The second-order valence-corrected chi connectivity index (χ2v) is 5.19. The van der Waals surface area contributed by atoms with Gasteiger partial charge in [0.2, 0.25) is 5.88 Å². The van der Waals surface area contributed by atoms with Crippen LogP contribution in [0.2, 0.25) is 0 Å². The zero-order valence-electron chi connectivity index (χ0n) is 13.1. The Bertz CT molecular complexity index is 843. The lowest BCUT2D eigenvalue weighted by Crippen LogP contribution is -1.95. The number of nitrogens with two attached hydrogens (primary N) is 1. The zero-order chi connectivity index (χ0) is 16.9. The summed E-state index contributed by atoms with van der Waals surface area (Å²) in [6, 6.07) is 11.0. The summed E-state index contributed by atoms with van der Waals surface area (Å²) in [6.45, 7) is 0. The minimum Gasteiger partial charge on any atom is -0.493 e. The Balaban J connectivity index is 1.96. The summed E-state index contributed by atoms with van der Waals surface area (Å²) in [6.07, 6.45) is 1.45. The van der Waals surface area contributed by atoms with Gasteiger partial charge in [0, 0.05) is 23.9 Å². The van der Waals surface area contributed by atoms with Crippen LogP contribution in [0.3, 0.4) is 0 Å². The Kier molecular flexibility index (Phi) is 4.88. The van der Waals surface area contributed by atoms with Crippen LogP contribution in [0.5, 0.6) is 23.1 Å². The normalized spacial score (nSPS) is 10.5. The quantitative estimate of drug-likeness (QED) is 0.658. The number of nitrogens with one attached hydrogen (secondary N) is 1. The van der Waals surface area contributed by atoms with E-state index in [4.69, 9.17) is 19.3 Å². The molecular weight excluding hydrogens is 328 g/mol. The van der Waals surface area contributed by atoms with Crippen LogP contribution in [0.1, 0.15) is 0 Å². The minimum atomic E-state index is 0.440. The van der Waals surface area contributed by atoms with Crippen LogP contribution >= 0.6 is 12.1 Å². The molecule has 0 aliphatic heterocycles. The Hall–Kier alpha value is -2.71. The van der Waals surface area contributed by atoms with Crippen molar-refractivity contribution >= 4 is 28.7 Å². The maximum Gasteiger partial charge on any atom is 0.230 e. The van der Waals surface area contributed by atoms with Crippen molar-refractivity contribution < 1.29 is 14.2 Å². The van der Waals surface area contributed by atoms with Gasteiger partial charge < -0.3 is 18.9 Å². The van der Waals surface area contributed by atoms with Crippen molar-refractivity contribution in [1.29, 1.82) is 0 Å². The van der Waals surface area contributed by atoms with Crippen molar-refractivity contribution in [3.05, 3.63) is 42.7 Å². The highest BCUT2D eigenvalue weighted by molar-refractivity contribution is 7.98. The highest BCUT2D eigenvalue weighted by Gasteiger charge is 2.12. The molecule has 3 N–H and O–H groups in total. The number of ether oxygens (including phenoxy) is 3. The first-order chi connectivity index (χ1) is 11.7. The molecule has 0 atom stereocenters. The van der Waals surface area contributed by atoms with E-state index < -0.39 is 0 Å². The van der Waals surface area contributed by atoms with E-state index in [2.05, 4.69) is 14.7 Å². The van der Waals surface area contributed by atoms with Crippen molar-refractivity contribution in [1.82, 2.24) is 9.97 Å². The van der Waals surface area contributed by atoms with Crippen LogP contribution in [0.25, 0.3) is 10.9 Å². The lowest BCUT2D eigenvalue weighted by Gasteiger charge is -2.11. The summed E-state index contributed by atoms with van der Waals surface area (Å²) in [4.78, 5) is 8.48. The summed E-state index contributed by atoms with van der Waals surface area (Å²) < 4.78 is 19.5. The second-order valence-electron chi connectivity index (χ2n) is 4.75. The number of rotatable bonds is 6. The average Bonchev–Trinajstić information content (AvgIpc) is 2.62. The van der Waals surface area contributed by atoms with Crippen molar-refractivity contribution in [2.75, 3.05) is 18.9 Å². The van der Waals surface area contributed by atoms with E-state index in [0.29, 0.717) is 28.6 Å². The van der Waals surface area contributed by atoms with Gasteiger partial charge in [0.05, 0.1) is 25.1 Å². The highest BCUT2D eigenvalue weighted by Crippen LogP contribution is 2.35. The largest absolute Gasteiger partial charge is 0.493 e. The summed E-state index contributed by atoms with van der Waals surface area (Å²) in [5, 5.41) is 6.10. The zero-order valence-corrected chi connectivity index (χ0v) is 14.0. The van der Waals surface area contributed by atoms with E-state index >= 15 is 0 Å². The summed E-state index contributed by atoms with van der Waals surface area (Å²) >= 11 is 1.04. The Morgan fingerprint density at radius 2 is 1.71 bits per heavy atom. The number of methoxy groups -OCH3 is 2. The topological polar surface area (TPSA) is 91.5 Å². The van der Waals surface area contributed by atoms with Gasteiger partial charge in [-0.3, -0.25) is 5.14 Å². The molecule has 3 rings (SSSR count). The number of aromatic nitrogens is 2. The first kappa shape index (κ1) is 16.2. The van der Waals surface area contributed by atoms with Gasteiger partial charge in [-0.25, -0.2) is 9.97 Å². The predicted octanol–water partition coefficient (Wildman–Crippen LogP) is 3.37. The number of anilines is 1. The van der Waals surface area contributed by atoms with Gasteiger partial charge in [-0.2, -0.15) is 0 Å². The SMILES string of the molecule is COc1cc2ncnc(Oc3ccc(NSN)cc3)c2cc1OC. The van der Waals surface area contributed by atoms with E-state index in [1.165, 1.54) is 6.33 Å². The summed E-state index contributed by atoms with van der Waals surface area (Å²) in [5.41, 5.74) is 1.59. The molecule has 2 aromatic carbocycles. The van der Waals surface area contributed by atoms with Crippen LogP contribution in [0.15, 0.2) is 42.7 Å². The molecule has 0 fully saturated rings. The Morgan fingerprint density at radius 3 is 2.38 bits per heavy atom. The second kappa shape index (κ2) is 7.24. The monoisotopic (exact) mass is 344 g/mol. The highest BCUT2D eigenvalue weighted by atomic mass is 32.2. The molecule has 0 amide bonds. The molecule has 0 bridgehead atoms. The molecule has 0 radical (unpaired) electrons. The van der Waals surface area contributed by atoms with Crippen LogP contribution in [-0.2, 0) is 0 Å². The van der Waals surface area contributed by atoms with Gasteiger partial charge in [-0.1, -0.05) is 0 Å². The van der Waals surface area contributed by atoms with Gasteiger partial charge >= 0.3 is 0 Å². The molecule has 0 aliphatic rings. The third-order valence-corrected chi connectivity index (χ3v) is 3.70. The molecule has 0 spiro atoms. The standard InChI is InChI=1S/C16H16N4O3S/c1-21-14-7-12-13(8-15(14)22-2)18-9-19-16(12)23-11-5-3-10(4-6-11)20-24-17/h3-9,20H,17H2,1-2H3. The van der Waals surface area contributed by atoms with E-state index in [0.717, 1.165) is 23.2 Å². The maximum atomic E-state index is 5.88. The first-order valence-electron chi connectivity index (χ1n) is 7.01. The number of nitrogens with zero attached hydrogens (tertiary/aromatic N) is 2. The molecule has 0 saturated carbocycles. The minimum absolute atomic E-state index is 0.440. The molecule has 124 valence electrons. The fraction of sp³-hybridized carbons (Fsp3) is 0.125. The van der Waals surface area contributed by atoms with Gasteiger partial charge in [0.1, 0.15) is 12.1 Å². The molecule has 0 unspecified atom stereocenters. The molecule has 0 saturated heterocycles. The number of hydrogen-bond donors (Lipinski definition) is 2. The molecular formula is C16H16N4O3S. The Labute approximate surface area is 143 Å². The summed E-state index contributed by atoms with van der Waals surface area (Å²) in [7, 11) is 3.16. The number of hydrogen-bond acceptors (Lipinski definition) is 8. The number of benzene rings is 2.